The normalized spacial score (nSPS) is 10.5. The fraction of sp³-hybridized carbons (Fsp3) is 0.0476. The molecule has 0 saturated carbocycles. The molecule has 3 nitrogen and oxygen atoms in total. The molecule has 4 heteroatoms. The molecule has 0 bridgehead atoms. The van der Waals surface area contributed by atoms with E-state index in [-0.39, 0.29) is 6.04 Å². The fourth-order valence-corrected chi connectivity index (χ4v) is 4.38. The molecular formula is C21H18O3Si. The first kappa shape index (κ1) is 16.7. The van der Waals surface area contributed by atoms with E-state index in [9.17, 15) is 0 Å². The predicted molar refractivity (Wildman–Crippen MR) is 101 cm³/mol. The molecule has 0 aromatic heterocycles. The summed E-state index contributed by atoms with van der Waals surface area (Å²) >= 11 is 0. The molecule has 0 aliphatic heterocycles. The zero-order valence-corrected chi connectivity index (χ0v) is 14.7. The Morgan fingerprint density at radius 2 is 0.920 bits per heavy atom. The van der Waals surface area contributed by atoms with Crippen molar-refractivity contribution in [2.75, 3.05) is 0 Å². The Morgan fingerprint density at radius 3 is 1.20 bits per heavy atom. The van der Waals surface area contributed by atoms with Gasteiger partial charge in [-0.2, -0.15) is 0 Å². The molecule has 0 heterocycles. The molecule has 3 aromatic rings. The molecular weight excluding hydrogens is 328 g/mol. The van der Waals surface area contributed by atoms with Gasteiger partial charge in [-0.1, -0.05) is 60.5 Å². The molecule has 0 unspecified atom stereocenters. The summed E-state index contributed by atoms with van der Waals surface area (Å²) in [5.41, 5.74) is 0. The third-order valence-corrected chi connectivity index (χ3v) is 5.65. The smallest absolute Gasteiger partial charge is 0.483 e. The Balaban J connectivity index is 1.95. The summed E-state index contributed by atoms with van der Waals surface area (Å²) in [6.45, 7) is 0. The summed E-state index contributed by atoms with van der Waals surface area (Å²) < 4.78 is 18.6. The second-order valence-corrected chi connectivity index (χ2v) is 7.64. The summed E-state index contributed by atoms with van der Waals surface area (Å²) in [5, 5.41) is 0. The van der Waals surface area contributed by atoms with Crippen LogP contribution in [0, 0.1) is 12.3 Å². The van der Waals surface area contributed by atoms with E-state index >= 15 is 0 Å². The molecule has 25 heavy (non-hydrogen) atoms. The van der Waals surface area contributed by atoms with E-state index in [1.165, 1.54) is 0 Å². The zero-order valence-electron chi connectivity index (χ0n) is 13.7. The van der Waals surface area contributed by atoms with Gasteiger partial charge < -0.3 is 13.3 Å². The maximum absolute atomic E-state index is 6.20. The topological polar surface area (TPSA) is 27.7 Å². The zero-order chi connectivity index (χ0) is 17.4. The number of hydrogen-bond acceptors (Lipinski definition) is 3. The lowest BCUT2D eigenvalue weighted by Crippen LogP contribution is -2.54. The van der Waals surface area contributed by atoms with Gasteiger partial charge in [0.2, 0.25) is 0 Å². The van der Waals surface area contributed by atoms with Crippen molar-refractivity contribution in [3.8, 4) is 29.6 Å². The van der Waals surface area contributed by atoms with E-state index in [2.05, 4.69) is 5.92 Å². The van der Waals surface area contributed by atoms with Crippen molar-refractivity contribution in [1.82, 2.24) is 0 Å². The minimum Gasteiger partial charge on any atom is -0.483 e. The highest BCUT2D eigenvalue weighted by Crippen LogP contribution is 2.26. The molecule has 0 aliphatic rings. The molecule has 3 rings (SSSR count). The van der Waals surface area contributed by atoms with Crippen molar-refractivity contribution in [2.24, 2.45) is 0 Å². The average Bonchev–Trinajstić information content (AvgIpc) is 2.64. The fourth-order valence-electron chi connectivity index (χ4n) is 2.30. The summed E-state index contributed by atoms with van der Waals surface area (Å²) in [6.07, 6.45) is 5.62. The van der Waals surface area contributed by atoms with Crippen LogP contribution in [0.3, 0.4) is 0 Å². The van der Waals surface area contributed by atoms with Crippen LogP contribution in [0.1, 0.15) is 0 Å². The van der Waals surface area contributed by atoms with Crippen LogP contribution in [0.2, 0.25) is 6.04 Å². The van der Waals surface area contributed by atoms with Crippen molar-refractivity contribution in [1.29, 1.82) is 0 Å². The molecule has 0 N–H and O–H groups in total. The number of hydrogen-bond donors (Lipinski definition) is 0. The average molecular weight is 346 g/mol. The van der Waals surface area contributed by atoms with Gasteiger partial charge >= 0.3 is 8.80 Å². The van der Waals surface area contributed by atoms with E-state index in [1.807, 2.05) is 91.0 Å². The van der Waals surface area contributed by atoms with Crippen molar-refractivity contribution in [2.45, 2.75) is 6.04 Å². The third kappa shape index (κ3) is 4.66. The summed E-state index contributed by atoms with van der Waals surface area (Å²) in [4.78, 5) is 0. The lowest BCUT2D eigenvalue weighted by atomic mass is 10.3. The highest BCUT2D eigenvalue weighted by Gasteiger charge is 2.49. The van der Waals surface area contributed by atoms with Crippen LogP contribution in [0.5, 0.6) is 17.2 Å². The highest BCUT2D eigenvalue weighted by molar-refractivity contribution is 6.63. The van der Waals surface area contributed by atoms with E-state index in [0.29, 0.717) is 17.2 Å². The van der Waals surface area contributed by atoms with Crippen LogP contribution in [0.15, 0.2) is 91.0 Å². The molecule has 0 atom stereocenters. The number of benzene rings is 3. The van der Waals surface area contributed by atoms with Gasteiger partial charge in [0, 0.05) is 0 Å². The van der Waals surface area contributed by atoms with Crippen LogP contribution in [-0.4, -0.2) is 8.80 Å². The van der Waals surface area contributed by atoms with Gasteiger partial charge in [-0.15, -0.1) is 6.42 Å². The first-order valence-electron chi connectivity index (χ1n) is 7.95. The summed E-state index contributed by atoms with van der Waals surface area (Å²) in [7, 11) is -3.25. The Kier molecular flexibility index (Phi) is 5.40. The minimum absolute atomic E-state index is 0.242. The Hall–Kier alpha value is -3.16. The molecule has 3 aromatic carbocycles. The van der Waals surface area contributed by atoms with E-state index in [4.69, 9.17) is 19.7 Å². The van der Waals surface area contributed by atoms with Crippen LogP contribution in [0.4, 0.5) is 0 Å². The lowest BCUT2D eigenvalue weighted by Gasteiger charge is -2.29. The molecule has 0 spiro atoms. The van der Waals surface area contributed by atoms with Gasteiger partial charge in [-0.3, -0.25) is 0 Å². The SMILES string of the molecule is C#CC[Si](Oc1ccccc1)(Oc1ccccc1)Oc1ccccc1. The van der Waals surface area contributed by atoms with Gasteiger partial charge in [0.05, 0.1) is 0 Å². The maximum atomic E-state index is 6.20. The van der Waals surface area contributed by atoms with E-state index in [0.717, 1.165) is 0 Å². The summed E-state index contributed by atoms with van der Waals surface area (Å²) in [6, 6.07) is 28.6. The van der Waals surface area contributed by atoms with Gasteiger partial charge in [0.25, 0.3) is 0 Å². The molecule has 124 valence electrons. The second kappa shape index (κ2) is 8.09. The predicted octanol–water partition coefficient (Wildman–Crippen LogP) is 4.80. The first-order chi connectivity index (χ1) is 12.3. The largest absolute Gasteiger partial charge is 0.711 e. The van der Waals surface area contributed by atoms with Crippen molar-refractivity contribution < 1.29 is 13.3 Å². The van der Waals surface area contributed by atoms with E-state index < -0.39 is 8.80 Å². The second-order valence-electron chi connectivity index (χ2n) is 5.31. The quantitative estimate of drug-likeness (QED) is 0.454. The van der Waals surface area contributed by atoms with Crippen LogP contribution < -0.4 is 13.3 Å². The van der Waals surface area contributed by atoms with Gasteiger partial charge in [0.1, 0.15) is 23.3 Å². The summed E-state index contributed by atoms with van der Waals surface area (Å²) in [5.74, 6) is 4.65. The molecule has 0 aliphatic carbocycles. The number of rotatable bonds is 7. The molecule has 0 amide bonds. The Labute approximate surface area is 149 Å². The standard InChI is InChI=1S/C21H18O3Si/c1-2-18-25(22-19-12-6-3-7-13-19,23-20-14-8-4-9-15-20)24-21-16-10-5-11-17-21/h1,3-17H,18H2. The monoisotopic (exact) mass is 346 g/mol. The Bertz CT molecular complexity index is 713. The van der Waals surface area contributed by atoms with Crippen LogP contribution in [-0.2, 0) is 0 Å². The molecule has 0 radical (unpaired) electrons. The maximum Gasteiger partial charge on any atom is 0.711 e. The van der Waals surface area contributed by atoms with Gasteiger partial charge in [-0.05, 0) is 36.4 Å². The minimum atomic E-state index is -3.25. The third-order valence-electron chi connectivity index (χ3n) is 3.37. The van der Waals surface area contributed by atoms with Gasteiger partial charge in [-0.25, -0.2) is 0 Å². The van der Waals surface area contributed by atoms with Crippen LogP contribution >= 0.6 is 0 Å². The van der Waals surface area contributed by atoms with Crippen LogP contribution in [0.25, 0.3) is 0 Å². The molecule has 0 fully saturated rings. The highest BCUT2D eigenvalue weighted by atomic mass is 28.4. The van der Waals surface area contributed by atoms with E-state index in [1.54, 1.807) is 0 Å². The Morgan fingerprint density at radius 1 is 0.600 bits per heavy atom. The lowest BCUT2D eigenvalue weighted by molar-refractivity contribution is 0.266. The first-order valence-corrected chi connectivity index (χ1v) is 9.88. The van der Waals surface area contributed by atoms with Crippen molar-refractivity contribution in [3.05, 3.63) is 91.0 Å². The number of terminal acetylenes is 1. The van der Waals surface area contributed by atoms with Gasteiger partial charge in [0.15, 0.2) is 0 Å². The van der Waals surface area contributed by atoms with Crippen molar-refractivity contribution in [3.63, 3.8) is 0 Å². The number of para-hydroxylation sites is 3. The van der Waals surface area contributed by atoms with Crippen molar-refractivity contribution >= 4 is 8.80 Å². The molecule has 0 saturated heterocycles.